The van der Waals surface area contributed by atoms with Crippen LogP contribution in [-0.4, -0.2) is 12.8 Å². The number of nitrogens with zero attached hydrogens (tertiary/aromatic N) is 1. The molecule has 0 radical (unpaired) electrons. The molecule has 19 heavy (non-hydrogen) atoms. The zero-order valence-electron chi connectivity index (χ0n) is 12.8. The molecule has 0 fully saturated rings. The van der Waals surface area contributed by atoms with Crippen LogP contribution in [0.4, 0.5) is 0 Å². The maximum absolute atomic E-state index is 6.01. The van der Waals surface area contributed by atoms with Crippen LogP contribution in [0.5, 0.6) is 0 Å². The summed E-state index contributed by atoms with van der Waals surface area (Å²) >= 11 is 0. The van der Waals surface area contributed by atoms with Crippen LogP contribution in [0.2, 0.25) is 0 Å². The molecule has 0 N–H and O–H groups in total. The average Bonchev–Trinajstić information content (AvgIpc) is 2.57. The van der Waals surface area contributed by atoms with Crippen LogP contribution in [0.25, 0.3) is 0 Å². The SMILES string of the molecule is CCC1=C(C(C)=C(C)C)OCC2=C1CC(C)CC=N2. The molecule has 2 aliphatic rings. The van der Waals surface area contributed by atoms with Crippen LogP contribution in [0.3, 0.4) is 0 Å². The summed E-state index contributed by atoms with van der Waals surface area (Å²) in [6.45, 7) is 11.6. The lowest BCUT2D eigenvalue weighted by atomic mass is 9.88. The second-order valence-electron chi connectivity index (χ2n) is 5.86. The molecule has 0 saturated carbocycles. The second-order valence-corrected chi connectivity index (χ2v) is 5.86. The molecule has 2 nitrogen and oxygen atoms in total. The quantitative estimate of drug-likeness (QED) is 0.698. The summed E-state index contributed by atoms with van der Waals surface area (Å²) in [6, 6.07) is 0. The van der Waals surface area contributed by atoms with Crippen LogP contribution in [-0.2, 0) is 4.74 Å². The summed E-state index contributed by atoms with van der Waals surface area (Å²) in [5, 5.41) is 0. The van der Waals surface area contributed by atoms with Crippen molar-refractivity contribution in [2.75, 3.05) is 6.61 Å². The van der Waals surface area contributed by atoms with Crippen molar-refractivity contribution in [3.8, 4) is 0 Å². The monoisotopic (exact) mass is 259 g/mol. The fourth-order valence-electron chi connectivity index (χ4n) is 2.69. The Morgan fingerprint density at radius 1 is 1.37 bits per heavy atom. The zero-order valence-corrected chi connectivity index (χ0v) is 12.8. The van der Waals surface area contributed by atoms with Gasteiger partial charge in [-0.2, -0.15) is 0 Å². The minimum atomic E-state index is 0.627. The lowest BCUT2D eigenvalue weighted by Gasteiger charge is -2.26. The van der Waals surface area contributed by atoms with E-state index in [4.69, 9.17) is 4.74 Å². The Kier molecular flexibility index (Phi) is 4.28. The Hall–Kier alpha value is -1.31. The Bertz CT molecular complexity index is 487. The van der Waals surface area contributed by atoms with Crippen molar-refractivity contribution >= 4 is 6.21 Å². The standard InChI is InChI=1S/C17H25NO/c1-6-14-15-9-12(4)7-8-18-16(15)10-19-17(14)13(5)11(2)3/h8,12H,6-7,9-10H2,1-5H3. The molecule has 0 aliphatic carbocycles. The first-order valence-electron chi connectivity index (χ1n) is 7.29. The predicted molar refractivity (Wildman–Crippen MR) is 81.2 cm³/mol. The summed E-state index contributed by atoms with van der Waals surface area (Å²) in [6.07, 6.45) is 5.27. The van der Waals surface area contributed by atoms with Gasteiger partial charge in [0.15, 0.2) is 0 Å². The second kappa shape index (κ2) is 5.77. The Balaban J connectivity index is 2.51. The zero-order chi connectivity index (χ0) is 14.0. The van der Waals surface area contributed by atoms with Gasteiger partial charge in [0.1, 0.15) is 12.4 Å². The number of aliphatic imine (C=N–C) groups is 1. The van der Waals surface area contributed by atoms with Crippen molar-refractivity contribution < 1.29 is 4.74 Å². The highest BCUT2D eigenvalue weighted by atomic mass is 16.5. The Morgan fingerprint density at radius 3 is 2.74 bits per heavy atom. The third-order valence-corrected chi connectivity index (χ3v) is 4.09. The van der Waals surface area contributed by atoms with Crippen molar-refractivity contribution in [2.24, 2.45) is 10.9 Å². The van der Waals surface area contributed by atoms with E-state index in [-0.39, 0.29) is 0 Å². The fourth-order valence-corrected chi connectivity index (χ4v) is 2.69. The highest BCUT2D eigenvalue weighted by Crippen LogP contribution is 2.37. The van der Waals surface area contributed by atoms with E-state index in [0.29, 0.717) is 12.5 Å². The van der Waals surface area contributed by atoms with Crippen molar-refractivity contribution in [1.29, 1.82) is 0 Å². The van der Waals surface area contributed by atoms with Gasteiger partial charge in [-0.25, -0.2) is 0 Å². The molecule has 0 amide bonds. The Labute approximate surface area is 117 Å². The molecular weight excluding hydrogens is 234 g/mol. The molecule has 0 aromatic carbocycles. The summed E-state index contributed by atoms with van der Waals surface area (Å²) in [5.74, 6) is 1.77. The highest BCUT2D eigenvalue weighted by Gasteiger charge is 2.25. The van der Waals surface area contributed by atoms with Crippen molar-refractivity contribution in [2.45, 2.75) is 53.9 Å². The lowest BCUT2D eigenvalue weighted by Crippen LogP contribution is -2.13. The number of rotatable bonds is 2. The molecule has 0 bridgehead atoms. The van der Waals surface area contributed by atoms with Gasteiger partial charge in [-0.05, 0) is 62.7 Å². The number of ether oxygens (including phenoxy) is 1. The molecule has 2 aliphatic heterocycles. The van der Waals surface area contributed by atoms with Gasteiger partial charge in [0.2, 0.25) is 0 Å². The first-order valence-corrected chi connectivity index (χ1v) is 7.29. The summed E-state index contributed by atoms with van der Waals surface area (Å²) in [4.78, 5) is 4.61. The van der Waals surface area contributed by atoms with Gasteiger partial charge in [0, 0.05) is 6.21 Å². The van der Waals surface area contributed by atoms with E-state index in [1.54, 1.807) is 0 Å². The van der Waals surface area contributed by atoms with Crippen LogP contribution < -0.4 is 0 Å². The van der Waals surface area contributed by atoms with Crippen LogP contribution in [0.15, 0.2) is 38.7 Å². The van der Waals surface area contributed by atoms with E-state index in [2.05, 4.69) is 45.8 Å². The maximum Gasteiger partial charge on any atom is 0.130 e. The molecule has 2 heteroatoms. The van der Waals surface area contributed by atoms with Gasteiger partial charge in [0.05, 0.1) is 5.70 Å². The minimum absolute atomic E-state index is 0.627. The maximum atomic E-state index is 6.01. The van der Waals surface area contributed by atoms with Crippen molar-refractivity contribution in [3.63, 3.8) is 0 Å². The third-order valence-electron chi connectivity index (χ3n) is 4.09. The minimum Gasteiger partial charge on any atom is -0.487 e. The average molecular weight is 259 g/mol. The van der Waals surface area contributed by atoms with E-state index in [9.17, 15) is 0 Å². The van der Waals surface area contributed by atoms with E-state index < -0.39 is 0 Å². The molecule has 0 aromatic rings. The molecule has 0 spiro atoms. The van der Waals surface area contributed by atoms with Crippen LogP contribution in [0.1, 0.15) is 53.9 Å². The third kappa shape index (κ3) is 2.83. The molecule has 0 aromatic heterocycles. The van der Waals surface area contributed by atoms with E-state index >= 15 is 0 Å². The van der Waals surface area contributed by atoms with Gasteiger partial charge in [-0.3, -0.25) is 4.99 Å². The number of hydrogen-bond donors (Lipinski definition) is 0. The number of hydrogen-bond acceptors (Lipinski definition) is 2. The van der Waals surface area contributed by atoms with Crippen LogP contribution in [0, 0.1) is 5.92 Å². The lowest BCUT2D eigenvalue weighted by molar-refractivity contribution is 0.234. The fraction of sp³-hybridized carbons (Fsp3) is 0.588. The van der Waals surface area contributed by atoms with Gasteiger partial charge >= 0.3 is 0 Å². The van der Waals surface area contributed by atoms with E-state index in [1.807, 2.05) is 0 Å². The van der Waals surface area contributed by atoms with Crippen molar-refractivity contribution in [3.05, 3.63) is 33.7 Å². The topological polar surface area (TPSA) is 21.6 Å². The largest absolute Gasteiger partial charge is 0.487 e. The molecule has 104 valence electrons. The number of allylic oxidation sites excluding steroid dienone is 4. The van der Waals surface area contributed by atoms with Crippen molar-refractivity contribution in [1.82, 2.24) is 0 Å². The predicted octanol–water partition coefficient (Wildman–Crippen LogP) is 4.79. The molecule has 1 atom stereocenters. The summed E-state index contributed by atoms with van der Waals surface area (Å²) in [5.41, 5.74) is 6.56. The summed E-state index contributed by atoms with van der Waals surface area (Å²) in [7, 11) is 0. The molecule has 0 saturated heterocycles. The highest BCUT2D eigenvalue weighted by molar-refractivity contribution is 5.62. The molecule has 2 rings (SSSR count). The molecule has 2 heterocycles. The first-order chi connectivity index (χ1) is 9.04. The summed E-state index contributed by atoms with van der Waals surface area (Å²) < 4.78 is 6.01. The Morgan fingerprint density at radius 2 is 2.11 bits per heavy atom. The van der Waals surface area contributed by atoms with E-state index in [1.165, 1.54) is 22.3 Å². The normalized spacial score (nSPS) is 22.9. The smallest absolute Gasteiger partial charge is 0.130 e. The molecule has 1 unspecified atom stereocenters. The van der Waals surface area contributed by atoms with Crippen LogP contribution >= 0.6 is 0 Å². The van der Waals surface area contributed by atoms with Gasteiger partial charge in [-0.15, -0.1) is 0 Å². The van der Waals surface area contributed by atoms with Gasteiger partial charge in [-0.1, -0.05) is 19.4 Å². The van der Waals surface area contributed by atoms with E-state index in [0.717, 1.165) is 30.7 Å². The first kappa shape index (κ1) is 14.1. The van der Waals surface area contributed by atoms with Gasteiger partial charge < -0.3 is 4.74 Å². The molecular formula is C17H25NO. The van der Waals surface area contributed by atoms with Gasteiger partial charge in [0.25, 0.3) is 0 Å².